The maximum atomic E-state index is 12.0. The molecule has 0 heterocycles. The largest absolute Gasteiger partial charge is 0.493 e. The van der Waals surface area contributed by atoms with Crippen molar-refractivity contribution < 1.29 is 23.4 Å². The minimum absolute atomic E-state index is 0.0459. The van der Waals surface area contributed by atoms with Gasteiger partial charge in [-0.3, -0.25) is 4.79 Å². The van der Waals surface area contributed by atoms with Gasteiger partial charge in [-0.25, -0.2) is 8.78 Å². The fraction of sp³-hybridized carbons (Fsp3) is 0.462. The lowest BCUT2D eigenvalue weighted by Gasteiger charge is -2.11. The van der Waals surface area contributed by atoms with Crippen LogP contribution in [0.5, 0.6) is 5.75 Å². The van der Waals surface area contributed by atoms with E-state index < -0.39 is 25.0 Å². The highest BCUT2D eigenvalue weighted by Crippen LogP contribution is 2.16. The summed E-state index contributed by atoms with van der Waals surface area (Å²) in [6.45, 7) is 1.58. The van der Waals surface area contributed by atoms with E-state index in [0.717, 1.165) is 5.56 Å². The molecule has 106 valence electrons. The first-order valence-corrected chi connectivity index (χ1v) is 5.92. The van der Waals surface area contributed by atoms with Gasteiger partial charge in [-0.15, -0.1) is 0 Å². The van der Waals surface area contributed by atoms with Crippen LogP contribution < -0.4 is 10.1 Å². The molecular weight excluding hydrogens is 256 g/mol. The molecule has 19 heavy (non-hydrogen) atoms. The van der Waals surface area contributed by atoms with Crippen LogP contribution in [0.2, 0.25) is 0 Å². The molecule has 1 unspecified atom stereocenters. The van der Waals surface area contributed by atoms with Gasteiger partial charge in [-0.1, -0.05) is 18.2 Å². The van der Waals surface area contributed by atoms with Crippen LogP contribution in [0, 0.1) is 6.92 Å². The Morgan fingerprint density at radius 3 is 2.74 bits per heavy atom. The lowest BCUT2D eigenvalue weighted by Crippen LogP contribution is -2.36. The van der Waals surface area contributed by atoms with E-state index in [4.69, 9.17) is 9.84 Å². The number of aliphatic hydroxyl groups excluding tert-OH is 1. The van der Waals surface area contributed by atoms with Crippen LogP contribution >= 0.6 is 0 Å². The van der Waals surface area contributed by atoms with Crippen LogP contribution in [0.3, 0.4) is 0 Å². The molecule has 1 atom stereocenters. The van der Waals surface area contributed by atoms with Gasteiger partial charge < -0.3 is 15.2 Å². The lowest BCUT2D eigenvalue weighted by molar-refractivity contribution is -0.122. The molecule has 6 heteroatoms. The van der Waals surface area contributed by atoms with Crippen molar-refractivity contribution in [3.05, 3.63) is 29.8 Å². The maximum Gasteiger partial charge on any atom is 0.265 e. The Morgan fingerprint density at radius 2 is 2.11 bits per heavy atom. The topological polar surface area (TPSA) is 58.6 Å². The molecule has 1 aromatic carbocycles. The third-order valence-electron chi connectivity index (χ3n) is 2.48. The summed E-state index contributed by atoms with van der Waals surface area (Å²) in [4.78, 5) is 11.3. The Balaban J connectivity index is 2.23. The number of aliphatic hydroxyl groups is 1. The number of alkyl halides is 2. The number of hydrogen-bond donors (Lipinski definition) is 2. The average molecular weight is 273 g/mol. The van der Waals surface area contributed by atoms with Gasteiger partial charge in [0.2, 0.25) is 5.91 Å². The number of halogens is 2. The third kappa shape index (κ3) is 5.65. The van der Waals surface area contributed by atoms with Crippen LogP contribution in [-0.2, 0) is 4.79 Å². The van der Waals surface area contributed by atoms with Crippen molar-refractivity contribution in [2.75, 3.05) is 13.2 Å². The molecule has 0 radical (unpaired) electrons. The molecule has 2 N–H and O–H groups in total. The molecule has 1 aromatic rings. The Morgan fingerprint density at radius 1 is 1.42 bits per heavy atom. The monoisotopic (exact) mass is 273 g/mol. The standard InChI is InChI=1S/C13H17F2NO3/c1-9-4-2-3-5-11(9)19-7-6-12(18)16-8-10(17)13(14)15/h2-5,10,13,17H,6-8H2,1H3,(H,16,18). The molecule has 0 aromatic heterocycles. The van der Waals surface area contributed by atoms with Crippen molar-refractivity contribution in [3.63, 3.8) is 0 Å². The number of amides is 1. The van der Waals surface area contributed by atoms with Crippen molar-refractivity contribution in [1.82, 2.24) is 5.32 Å². The summed E-state index contributed by atoms with van der Waals surface area (Å²) in [5, 5.41) is 11.0. The van der Waals surface area contributed by atoms with E-state index in [1.165, 1.54) is 0 Å². The number of carbonyl (C=O) groups is 1. The molecule has 1 rings (SSSR count). The predicted molar refractivity (Wildman–Crippen MR) is 66.3 cm³/mol. The third-order valence-corrected chi connectivity index (χ3v) is 2.48. The van der Waals surface area contributed by atoms with E-state index in [1.807, 2.05) is 25.1 Å². The van der Waals surface area contributed by atoms with E-state index in [1.54, 1.807) is 6.07 Å². The minimum atomic E-state index is -2.86. The fourth-order valence-electron chi connectivity index (χ4n) is 1.37. The smallest absolute Gasteiger partial charge is 0.265 e. The summed E-state index contributed by atoms with van der Waals surface area (Å²) in [5.74, 6) is 0.246. The zero-order chi connectivity index (χ0) is 14.3. The summed E-state index contributed by atoms with van der Waals surface area (Å²) < 4.78 is 29.3. The summed E-state index contributed by atoms with van der Waals surface area (Å²) in [5.41, 5.74) is 0.955. The molecule has 0 aliphatic heterocycles. The summed E-state index contributed by atoms with van der Waals surface area (Å²) in [6.07, 6.45) is -4.64. The van der Waals surface area contributed by atoms with Gasteiger partial charge in [0.05, 0.1) is 13.0 Å². The Bertz CT molecular complexity index is 413. The van der Waals surface area contributed by atoms with E-state index in [-0.39, 0.29) is 13.0 Å². The number of benzene rings is 1. The molecule has 0 fully saturated rings. The lowest BCUT2D eigenvalue weighted by atomic mass is 10.2. The normalized spacial score (nSPS) is 12.3. The second kappa shape index (κ2) is 7.68. The summed E-state index contributed by atoms with van der Waals surface area (Å²) in [7, 11) is 0. The number of hydrogen-bond acceptors (Lipinski definition) is 3. The number of para-hydroxylation sites is 1. The molecular formula is C13H17F2NO3. The first-order chi connectivity index (χ1) is 9.00. The van der Waals surface area contributed by atoms with Crippen LogP contribution in [0.1, 0.15) is 12.0 Å². The van der Waals surface area contributed by atoms with Gasteiger partial charge in [-0.2, -0.15) is 0 Å². The first-order valence-electron chi connectivity index (χ1n) is 5.92. The van der Waals surface area contributed by atoms with Crippen LogP contribution in [0.25, 0.3) is 0 Å². The zero-order valence-corrected chi connectivity index (χ0v) is 10.6. The van der Waals surface area contributed by atoms with Crippen molar-refractivity contribution in [3.8, 4) is 5.75 Å². The van der Waals surface area contributed by atoms with Gasteiger partial charge in [0.15, 0.2) is 0 Å². The molecule has 0 saturated heterocycles. The maximum absolute atomic E-state index is 12.0. The van der Waals surface area contributed by atoms with E-state index in [9.17, 15) is 13.6 Å². The number of aryl methyl sites for hydroxylation is 1. The second-order valence-electron chi connectivity index (χ2n) is 4.07. The summed E-state index contributed by atoms with van der Waals surface area (Å²) in [6, 6.07) is 7.37. The molecule has 4 nitrogen and oxygen atoms in total. The first kappa shape index (κ1) is 15.4. The average Bonchev–Trinajstić information content (AvgIpc) is 2.38. The van der Waals surface area contributed by atoms with Crippen molar-refractivity contribution in [1.29, 1.82) is 0 Å². The van der Waals surface area contributed by atoms with E-state index in [0.29, 0.717) is 5.75 Å². The SMILES string of the molecule is Cc1ccccc1OCCC(=O)NCC(O)C(F)F. The number of rotatable bonds is 7. The molecule has 1 amide bonds. The second-order valence-corrected chi connectivity index (χ2v) is 4.07. The molecule has 0 aliphatic rings. The highest BCUT2D eigenvalue weighted by molar-refractivity contribution is 5.76. The van der Waals surface area contributed by atoms with Crippen molar-refractivity contribution >= 4 is 5.91 Å². The molecule has 0 spiro atoms. The Hall–Kier alpha value is -1.69. The zero-order valence-electron chi connectivity index (χ0n) is 10.6. The molecule has 0 saturated carbocycles. The van der Waals surface area contributed by atoms with Crippen molar-refractivity contribution in [2.24, 2.45) is 0 Å². The Kier molecular flexibility index (Phi) is 6.21. The van der Waals surface area contributed by atoms with Gasteiger partial charge in [0.25, 0.3) is 6.43 Å². The summed E-state index contributed by atoms with van der Waals surface area (Å²) >= 11 is 0. The Labute approximate surface area is 110 Å². The van der Waals surface area contributed by atoms with E-state index >= 15 is 0 Å². The van der Waals surface area contributed by atoms with Crippen LogP contribution in [-0.4, -0.2) is 36.7 Å². The van der Waals surface area contributed by atoms with Gasteiger partial charge in [-0.05, 0) is 18.6 Å². The van der Waals surface area contributed by atoms with Crippen LogP contribution in [0.15, 0.2) is 24.3 Å². The minimum Gasteiger partial charge on any atom is -0.493 e. The van der Waals surface area contributed by atoms with Crippen LogP contribution in [0.4, 0.5) is 8.78 Å². The molecule has 0 bridgehead atoms. The number of nitrogens with one attached hydrogen (secondary N) is 1. The van der Waals surface area contributed by atoms with Crippen molar-refractivity contribution in [2.45, 2.75) is 25.9 Å². The number of carbonyl (C=O) groups excluding carboxylic acids is 1. The fourth-order valence-corrected chi connectivity index (χ4v) is 1.37. The van der Waals surface area contributed by atoms with Gasteiger partial charge in [0.1, 0.15) is 11.9 Å². The molecule has 0 aliphatic carbocycles. The predicted octanol–water partition coefficient (Wildman–Crippen LogP) is 1.51. The highest BCUT2D eigenvalue weighted by atomic mass is 19.3. The van der Waals surface area contributed by atoms with Gasteiger partial charge in [0, 0.05) is 6.54 Å². The number of ether oxygens (including phenoxy) is 1. The quantitative estimate of drug-likeness (QED) is 0.791. The van der Waals surface area contributed by atoms with Gasteiger partial charge >= 0.3 is 0 Å². The highest BCUT2D eigenvalue weighted by Gasteiger charge is 2.17. The van der Waals surface area contributed by atoms with E-state index in [2.05, 4.69) is 5.32 Å².